The van der Waals surface area contributed by atoms with Gasteiger partial charge in [0.1, 0.15) is 46.7 Å². The van der Waals surface area contributed by atoms with Crippen molar-refractivity contribution in [1.29, 1.82) is 0 Å². The summed E-state index contributed by atoms with van der Waals surface area (Å²) in [6.45, 7) is 9.60. The summed E-state index contributed by atoms with van der Waals surface area (Å²) in [5.41, 5.74) is 2.28. The molecule has 2 N–H and O–H groups in total. The van der Waals surface area contributed by atoms with Crippen molar-refractivity contribution in [3.05, 3.63) is 148 Å². The van der Waals surface area contributed by atoms with E-state index in [1.54, 1.807) is 48.5 Å². The van der Waals surface area contributed by atoms with Gasteiger partial charge in [-0.15, -0.1) is 6.58 Å². The number of allylic oxidation sites excluding steroid dienone is 1. The minimum absolute atomic E-state index is 0.00152. The van der Waals surface area contributed by atoms with Gasteiger partial charge in [0.25, 0.3) is 5.69 Å². The van der Waals surface area contributed by atoms with Crippen LogP contribution in [0.5, 0.6) is 23.0 Å². The third kappa shape index (κ3) is 11.2. The Balaban J connectivity index is 1.47. The van der Waals surface area contributed by atoms with Crippen LogP contribution in [0.15, 0.2) is 120 Å². The Morgan fingerprint density at radius 1 is 0.970 bits per heavy atom. The van der Waals surface area contributed by atoms with Crippen molar-refractivity contribution in [2.45, 2.75) is 95.6 Å². The molecule has 0 spiro atoms. The number of nitrogens with zero attached hydrogens (tertiary/aromatic N) is 3. The summed E-state index contributed by atoms with van der Waals surface area (Å²) in [5, 5.41) is 36.3. The predicted molar refractivity (Wildman–Crippen MR) is 249 cm³/mol. The number of ether oxygens (including phenoxy) is 4. The molecule has 3 aliphatic rings. The standard InChI is InChI=1S/C52H58FN3O11/c1-5-27-63-52-47(55(32-34-15-17-37(53)18-16-34)50(60)65-39-21-19-38(20-22-39)56(61)62)31-45(54-67-51(2,3)4)43-29-36(12-6-8-25-57)42(14-7-9-26-58)48(49(43)52)44-30-41(23-24-46(44)66-52)64-40-13-10-11-35(28-40)33-59/h5,10-11,13,15-24,28-30,33,36,42,47-49,57-58H,1,6-9,12,14,25-27,31-32H2,2-4H3. The molecular formula is C52H58FN3O11. The summed E-state index contributed by atoms with van der Waals surface area (Å²) in [7, 11) is 0. The lowest BCUT2D eigenvalue weighted by molar-refractivity contribution is -0.384. The molecule has 0 bridgehead atoms. The Kier molecular flexibility index (Phi) is 15.5. The van der Waals surface area contributed by atoms with Crippen LogP contribution < -0.4 is 14.2 Å². The van der Waals surface area contributed by atoms with Crippen LogP contribution in [0.3, 0.4) is 0 Å². The first kappa shape index (κ1) is 48.5. The number of carbonyl (C=O) groups is 2. The number of nitro benzene ring substituents is 1. The highest BCUT2D eigenvalue weighted by Gasteiger charge is 2.66. The van der Waals surface area contributed by atoms with Crippen LogP contribution in [-0.4, -0.2) is 75.4 Å². The number of amides is 1. The van der Waals surface area contributed by atoms with Gasteiger partial charge in [0.05, 0.1) is 23.2 Å². The normalized spacial score (nSPS) is 22.3. The molecule has 1 saturated carbocycles. The van der Waals surface area contributed by atoms with Crippen molar-refractivity contribution in [1.82, 2.24) is 4.90 Å². The van der Waals surface area contributed by atoms with Gasteiger partial charge in [0.15, 0.2) is 0 Å². The van der Waals surface area contributed by atoms with Crippen molar-refractivity contribution in [2.24, 2.45) is 22.9 Å². The van der Waals surface area contributed by atoms with Gasteiger partial charge < -0.3 is 34.0 Å². The van der Waals surface area contributed by atoms with Crippen molar-refractivity contribution in [3.8, 4) is 23.0 Å². The highest BCUT2D eigenvalue weighted by molar-refractivity contribution is 6.03. The second-order valence-corrected chi connectivity index (χ2v) is 18.1. The molecule has 4 aromatic rings. The number of halogens is 1. The van der Waals surface area contributed by atoms with Gasteiger partial charge in [-0.3, -0.25) is 19.8 Å². The van der Waals surface area contributed by atoms with Crippen LogP contribution in [-0.2, 0) is 16.1 Å². The van der Waals surface area contributed by atoms with E-state index in [1.165, 1.54) is 41.3 Å². The van der Waals surface area contributed by atoms with E-state index < -0.39 is 46.1 Å². The maximum absolute atomic E-state index is 15.0. The van der Waals surface area contributed by atoms with E-state index >= 15 is 4.79 Å². The van der Waals surface area contributed by atoms with E-state index in [-0.39, 0.29) is 56.1 Å². The molecule has 15 heteroatoms. The van der Waals surface area contributed by atoms with Gasteiger partial charge in [-0.25, -0.2) is 9.18 Å². The molecule has 14 nitrogen and oxygen atoms in total. The molecule has 0 aromatic heterocycles. The molecule has 0 saturated heterocycles. The Bertz CT molecular complexity index is 2450. The fraction of sp³-hybridized carbons (Fsp3) is 0.404. The summed E-state index contributed by atoms with van der Waals surface area (Å²) < 4.78 is 41.3. The average Bonchev–Trinajstić information content (AvgIpc) is 3.31. The number of aliphatic hydroxyl groups is 2. The van der Waals surface area contributed by atoms with Gasteiger partial charge >= 0.3 is 6.09 Å². The molecule has 7 rings (SSSR count). The average molecular weight is 920 g/mol. The Morgan fingerprint density at radius 2 is 1.67 bits per heavy atom. The van der Waals surface area contributed by atoms with Crippen LogP contribution in [0.4, 0.5) is 14.9 Å². The number of hydrogen-bond acceptors (Lipinski definition) is 12. The van der Waals surface area contributed by atoms with Crippen molar-refractivity contribution >= 4 is 23.8 Å². The zero-order valence-electron chi connectivity index (χ0n) is 38.1. The lowest BCUT2D eigenvalue weighted by Crippen LogP contribution is -2.70. The van der Waals surface area contributed by atoms with Crippen molar-refractivity contribution < 1.29 is 52.9 Å². The summed E-state index contributed by atoms with van der Waals surface area (Å²) in [4.78, 5) is 45.4. The number of hydrogen-bond donors (Lipinski definition) is 2. The second-order valence-electron chi connectivity index (χ2n) is 18.1. The number of aliphatic hydroxyl groups excluding tert-OH is 2. The fourth-order valence-corrected chi connectivity index (χ4v) is 9.58. The number of oxime groups is 1. The van der Waals surface area contributed by atoms with E-state index in [0.717, 1.165) is 30.3 Å². The molecule has 354 valence electrons. The molecule has 1 aliphatic heterocycles. The first-order valence-corrected chi connectivity index (χ1v) is 22.7. The summed E-state index contributed by atoms with van der Waals surface area (Å²) in [6, 6.07) is 22.3. The molecule has 1 amide bonds. The quantitative estimate of drug-likeness (QED) is 0.0283. The van der Waals surface area contributed by atoms with Crippen molar-refractivity contribution in [2.75, 3.05) is 19.8 Å². The van der Waals surface area contributed by atoms with Crippen molar-refractivity contribution in [3.63, 3.8) is 0 Å². The second kappa shape index (κ2) is 21.5. The SMILES string of the molecule is C=CCOC12Oc3ccc(Oc4cccc(C=O)c4)cc3C3C(CCCCO)C(CCCCO)C=C(C(=NOC(C)(C)C)CC1N(Cc1ccc(F)cc1)C(=O)Oc1ccc([N+](=O)[O-])cc1)C32. The Labute approximate surface area is 389 Å². The van der Waals surface area contributed by atoms with E-state index in [0.29, 0.717) is 59.8 Å². The molecule has 4 aromatic carbocycles. The van der Waals surface area contributed by atoms with E-state index in [1.807, 2.05) is 32.9 Å². The molecule has 0 radical (unpaired) electrons. The Morgan fingerprint density at radius 3 is 2.34 bits per heavy atom. The minimum atomic E-state index is -1.67. The predicted octanol–water partition coefficient (Wildman–Crippen LogP) is 10.5. The maximum atomic E-state index is 15.0. The summed E-state index contributed by atoms with van der Waals surface area (Å²) in [6.07, 6.45) is 7.84. The van der Waals surface area contributed by atoms with Gasteiger partial charge in [0.2, 0.25) is 5.79 Å². The largest absolute Gasteiger partial charge is 0.459 e. The molecule has 6 unspecified atom stereocenters. The number of rotatable bonds is 20. The van der Waals surface area contributed by atoms with Gasteiger partial charge in [0, 0.05) is 55.4 Å². The zero-order chi connectivity index (χ0) is 47.7. The molecule has 1 heterocycles. The van der Waals surface area contributed by atoms with Crippen LogP contribution >= 0.6 is 0 Å². The zero-order valence-corrected chi connectivity index (χ0v) is 38.1. The smallest absolute Gasteiger partial charge is 0.416 e. The van der Waals surface area contributed by atoms with E-state index in [4.69, 9.17) is 28.9 Å². The fourth-order valence-electron chi connectivity index (χ4n) is 9.58. The number of aldehydes is 1. The first-order chi connectivity index (χ1) is 32.3. The van der Waals surface area contributed by atoms with Crippen LogP contribution in [0.25, 0.3) is 0 Å². The third-order valence-electron chi connectivity index (χ3n) is 12.4. The third-order valence-corrected chi connectivity index (χ3v) is 12.4. The van der Waals surface area contributed by atoms with Crippen LogP contribution in [0, 0.1) is 33.7 Å². The number of nitro groups is 1. The number of non-ortho nitro benzene ring substituents is 1. The topological polar surface area (TPSA) is 179 Å². The number of unbranched alkanes of at least 4 members (excludes halogenated alkanes) is 2. The molecule has 1 fully saturated rings. The van der Waals surface area contributed by atoms with E-state index in [2.05, 4.69) is 12.7 Å². The lowest BCUT2D eigenvalue weighted by atomic mass is 9.55. The monoisotopic (exact) mass is 919 g/mol. The maximum Gasteiger partial charge on any atom is 0.416 e. The Hall–Kier alpha value is -6.42. The van der Waals surface area contributed by atoms with Crippen LogP contribution in [0.1, 0.15) is 93.1 Å². The molecule has 67 heavy (non-hydrogen) atoms. The summed E-state index contributed by atoms with van der Waals surface area (Å²) in [5.74, 6) is -1.85. The minimum Gasteiger partial charge on any atom is -0.459 e. The molecular weight excluding hydrogens is 862 g/mol. The van der Waals surface area contributed by atoms with Gasteiger partial charge in [-0.2, -0.15) is 0 Å². The first-order valence-electron chi connectivity index (χ1n) is 22.7. The molecule has 6 atom stereocenters. The lowest BCUT2D eigenvalue weighted by Gasteiger charge is -2.60. The number of benzene rings is 4. The number of carbonyl (C=O) groups excluding carboxylic acids is 2. The summed E-state index contributed by atoms with van der Waals surface area (Å²) >= 11 is 0. The highest BCUT2D eigenvalue weighted by atomic mass is 19.1. The number of fused-ring (bicyclic) bond motifs is 2. The van der Waals surface area contributed by atoms with E-state index in [9.17, 15) is 29.5 Å². The highest BCUT2D eigenvalue weighted by Crippen LogP contribution is 2.62. The van der Waals surface area contributed by atoms with Crippen LogP contribution in [0.2, 0.25) is 0 Å². The van der Waals surface area contributed by atoms with Gasteiger partial charge in [-0.05, 0) is 124 Å². The molecule has 2 aliphatic carbocycles. The van der Waals surface area contributed by atoms with Gasteiger partial charge in [-0.1, -0.05) is 54.4 Å².